The third-order valence-electron chi connectivity index (χ3n) is 5.19. The lowest BCUT2D eigenvalue weighted by Crippen LogP contribution is -2.44. The van der Waals surface area contributed by atoms with Crippen molar-refractivity contribution in [1.29, 1.82) is 5.26 Å². The van der Waals surface area contributed by atoms with Crippen molar-refractivity contribution in [1.82, 2.24) is 20.2 Å². The SMILES string of the molecule is CC[C@@H]1CN(C(=O)NCC(F)(F)F)C[C@@H]1N(C)c1c(C#N)cnc2[nH]ccc12. The van der Waals surface area contributed by atoms with E-state index in [0.29, 0.717) is 23.4 Å². The number of halogens is 3. The second kappa shape index (κ2) is 7.58. The number of carbonyl (C=O) groups is 1. The van der Waals surface area contributed by atoms with Crippen LogP contribution < -0.4 is 10.2 Å². The molecule has 0 saturated carbocycles. The maximum atomic E-state index is 12.4. The Labute approximate surface area is 160 Å². The Kier molecular flexibility index (Phi) is 5.36. The van der Waals surface area contributed by atoms with Crippen LogP contribution in [-0.2, 0) is 0 Å². The number of likely N-dealkylation sites (N-methyl/N-ethyl adjacent to an activating group) is 1. The van der Waals surface area contributed by atoms with Gasteiger partial charge in [0.1, 0.15) is 18.3 Å². The number of fused-ring (bicyclic) bond motifs is 1. The molecule has 1 saturated heterocycles. The smallest absolute Gasteiger partial charge is 0.368 e. The van der Waals surface area contributed by atoms with Crippen molar-refractivity contribution in [2.24, 2.45) is 5.92 Å². The minimum Gasteiger partial charge on any atom is -0.368 e. The lowest BCUT2D eigenvalue weighted by Gasteiger charge is -2.31. The van der Waals surface area contributed by atoms with Gasteiger partial charge in [-0.05, 0) is 18.4 Å². The molecule has 0 bridgehead atoms. The molecular formula is C18H21F3N6O. The highest BCUT2D eigenvalue weighted by molar-refractivity contribution is 5.93. The number of H-pyrrole nitrogens is 1. The summed E-state index contributed by atoms with van der Waals surface area (Å²) in [5.41, 5.74) is 1.76. The third-order valence-corrected chi connectivity index (χ3v) is 5.19. The highest BCUT2D eigenvalue weighted by Crippen LogP contribution is 2.34. The number of carbonyl (C=O) groups excluding carboxylic acids is 1. The third kappa shape index (κ3) is 3.83. The number of aromatic amines is 1. The van der Waals surface area contributed by atoms with E-state index in [-0.39, 0.29) is 18.5 Å². The molecule has 2 aromatic rings. The van der Waals surface area contributed by atoms with Crippen LogP contribution in [0.15, 0.2) is 18.5 Å². The summed E-state index contributed by atoms with van der Waals surface area (Å²) in [5, 5.41) is 12.2. The number of pyridine rings is 1. The predicted molar refractivity (Wildman–Crippen MR) is 97.8 cm³/mol. The van der Waals surface area contributed by atoms with Crippen molar-refractivity contribution in [3.8, 4) is 6.07 Å². The van der Waals surface area contributed by atoms with Gasteiger partial charge in [0.25, 0.3) is 0 Å². The summed E-state index contributed by atoms with van der Waals surface area (Å²) in [4.78, 5) is 22.8. The van der Waals surface area contributed by atoms with Gasteiger partial charge in [0.2, 0.25) is 0 Å². The van der Waals surface area contributed by atoms with Gasteiger partial charge in [-0.2, -0.15) is 18.4 Å². The van der Waals surface area contributed by atoms with Crippen LogP contribution in [-0.4, -0.2) is 59.8 Å². The average Bonchev–Trinajstić information content (AvgIpc) is 3.30. The van der Waals surface area contributed by atoms with Crippen molar-refractivity contribution in [2.45, 2.75) is 25.6 Å². The first-order chi connectivity index (χ1) is 13.2. The summed E-state index contributed by atoms with van der Waals surface area (Å²) < 4.78 is 37.2. The fraction of sp³-hybridized carbons (Fsp3) is 0.500. The molecule has 0 spiro atoms. The van der Waals surface area contributed by atoms with Gasteiger partial charge in [-0.3, -0.25) is 0 Å². The van der Waals surface area contributed by atoms with Gasteiger partial charge < -0.3 is 20.1 Å². The summed E-state index contributed by atoms with van der Waals surface area (Å²) in [6.45, 7) is 1.26. The van der Waals surface area contributed by atoms with Gasteiger partial charge in [0, 0.05) is 37.9 Å². The van der Waals surface area contributed by atoms with Crippen LogP contribution >= 0.6 is 0 Å². The number of hydrogen-bond donors (Lipinski definition) is 2. The molecule has 3 rings (SSSR count). The molecule has 1 fully saturated rings. The molecule has 150 valence electrons. The Balaban J connectivity index is 1.84. The van der Waals surface area contributed by atoms with Crippen LogP contribution in [0.3, 0.4) is 0 Å². The number of nitrogens with zero attached hydrogens (tertiary/aromatic N) is 4. The standard InChI is InChI=1S/C18H21F3N6O/c1-3-11-8-27(17(28)25-10-18(19,20)21)9-14(11)26(2)15-12(6-22)7-24-16-13(15)4-5-23-16/h4-5,7,11,14H,3,8-10H2,1-2H3,(H,23,24)(H,25,28)/t11-,14+/m1/s1. The van der Waals surface area contributed by atoms with Crippen molar-refractivity contribution < 1.29 is 18.0 Å². The molecule has 1 aliphatic rings. The second-order valence-corrected chi connectivity index (χ2v) is 6.90. The molecule has 0 radical (unpaired) electrons. The molecule has 2 N–H and O–H groups in total. The number of rotatable bonds is 4. The number of nitriles is 1. The summed E-state index contributed by atoms with van der Waals surface area (Å²) in [6.07, 6.45) is -0.469. The number of aromatic nitrogens is 2. The maximum Gasteiger partial charge on any atom is 0.405 e. The van der Waals surface area contributed by atoms with Gasteiger partial charge in [-0.15, -0.1) is 0 Å². The number of hydrogen-bond acceptors (Lipinski definition) is 4. The molecule has 3 heterocycles. The van der Waals surface area contributed by atoms with Crippen molar-refractivity contribution in [3.63, 3.8) is 0 Å². The lowest BCUT2D eigenvalue weighted by atomic mass is 9.98. The zero-order valence-electron chi connectivity index (χ0n) is 15.5. The van der Waals surface area contributed by atoms with E-state index >= 15 is 0 Å². The van der Waals surface area contributed by atoms with Gasteiger partial charge in [-0.1, -0.05) is 6.92 Å². The van der Waals surface area contributed by atoms with Crippen molar-refractivity contribution in [2.75, 3.05) is 31.6 Å². The van der Waals surface area contributed by atoms with E-state index in [1.807, 2.05) is 30.3 Å². The minimum absolute atomic E-state index is 0.0651. The average molecular weight is 394 g/mol. The molecule has 10 heteroatoms. The van der Waals surface area contributed by atoms with Gasteiger partial charge >= 0.3 is 12.2 Å². The zero-order chi connectivity index (χ0) is 20.5. The lowest BCUT2D eigenvalue weighted by molar-refractivity contribution is -0.123. The first-order valence-electron chi connectivity index (χ1n) is 8.93. The number of amides is 2. The van der Waals surface area contributed by atoms with Crippen LogP contribution in [0.2, 0.25) is 0 Å². The molecule has 2 atom stereocenters. The highest BCUT2D eigenvalue weighted by atomic mass is 19.4. The zero-order valence-corrected chi connectivity index (χ0v) is 15.5. The number of anilines is 1. The maximum absolute atomic E-state index is 12.4. The van der Waals surface area contributed by atoms with E-state index in [4.69, 9.17) is 0 Å². The summed E-state index contributed by atoms with van der Waals surface area (Å²) in [6, 6.07) is 3.12. The Morgan fingerprint density at radius 1 is 1.50 bits per heavy atom. The topological polar surface area (TPSA) is 88.1 Å². The number of likely N-dealkylation sites (tertiary alicyclic amines) is 1. The number of urea groups is 1. The quantitative estimate of drug-likeness (QED) is 0.835. The van der Waals surface area contributed by atoms with E-state index in [1.165, 1.54) is 11.1 Å². The highest BCUT2D eigenvalue weighted by Gasteiger charge is 2.38. The van der Waals surface area contributed by atoms with Crippen LogP contribution in [0, 0.1) is 17.2 Å². The van der Waals surface area contributed by atoms with Crippen molar-refractivity contribution in [3.05, 3.63) is 24.0 Å². The van der Waals surface area contributed by atoms with Gasteiger partial charge in [0.15, 0.2) is 0 Å². The summed E-state index contributed by atoms with van der Waals surface area (Å²) in [5.74, 6) is 0.0651. The molecule has 0 aromatic carbocycles. The van der Waals surface area contributed by atoms with Crippen LogP contribution in [0.1, 0.15) is 18.9 Å². The van der Waals surface area contributed by atoms with Gasteiger partial charge in [0.05, 0.1) is 17.3 Å². The van der Waals surface area contributed by atoms with Crippen LogP contribution in [0.4, 0.5) is 23.7 Å². The molecule has 2 aromatic heterocycles. The van der Waals surface area contributed by atoms with E-state index in [2.05, 4.69) is 16.0 Å². The first kappa shape index (κ1) is 19.8. The Hall–Kier alpha value is -2.96. The second-order valence-electron chi connectivity index (χ2n) is 6.90. The predicted octanol–water partition coefficient (Wildman–Crippen LogP) is 2.85. The van der Waals surface area contributed by atoms with E-state index < -0.39 is 18.8 Å². The largest absolute Gasteiger partial charge is 0.405 e. The van der Waals surface area contributed by atoms with Crippen molar-refractivity contribution >= 4 is 22.8 Å². The monoisotopic (exact) mass is 394 g/mol. The molecule has 2 amide bonds. The Morgan fingerprint density at radius 3 is 2.89 bits per heavy atom. The normalized spacial score (nSPS) is 19.6. The molecule has 7 nitrogen and oxygen atoms in total. The first-order valence-corrected chi connectivity index (χ1v) is 8.93. The number of nitrogens with one attached hydrogen (secondary N) is 2. The molecule has 0 unspecified atom stereocenters. The molecule has 1 aliphatic heterocycles. The molecule has 0 aliphatic carbocycles. The van der Waals surface area contributed by atoms with Gasteiger partial charge in [-0.25, -0.2) is 9.78 Å². The van der Waals surface area contributed by atoms with Crippen LogP contribution in [0.5, 0.6) is 0 Å². The summed E-state index contributed by atoms with van der Waals surface area (Å²) in [7, 11) is 1.84. The van der Waals surface area contributed by atoms with E-state index in [1.54, 1.807) is 6.20 Å². The minimum atomic E-state index is -4.45. The van der Waals surface area contributed by atoms with E-state index in [9.17, 15) is 23.2 Å². The fourth-order valence-electron chi connectivity index (χ4n) is 3.77. The Morgan fingerprint density at radius 2 is 2.25 bits per heavy atom. The number of alkyl halides is 3. The van der Waals surface area contributed by atoms with E-state index in [0.717, 1.165) is 11.8 Å². The molecule has 28 heavy (non-hydrogen) atoms. The molecular weight excluding hydrogens is 373 g/mol. The fourth-order valence-corrected chi connectivity index (χ4v) is 3.77. The van der Waals surface area contributed by atoms with Crippen LogP contribution in [0.25, 0.3) is 11.0 Å². The Bertz CT molecular complexity index is 903. The summed E-state index contributed by atoms with van der Waals surface area (Å²) >= 11 is 0.